The Kier molecular flexibility index (Phi) is 4.71. The molecule has 5 heteroatoms. The van der Waals surface area contributed by atoms with Crippen LogP contribution in [0.4, 0.5) is 10.1 Å². The topological polar surface area (TPSA) is 29.1 Å². The van der Waals surface area contributed by atoms with Gasteiger partial charge in [0, 0.05) is 21.1 Å². The molecule has 2 nitrogen and oxygen atoms in total. The Bertz CT molecular complexity index is 596. The van der Waals surface area contributed by atoms with Crippen LogP contribution in [0.2, 0.25) is 0 Å². The van der Waals surface area contributed by atoms with Crippen LogP contribution in [0.3, 0.4) is 0 Å². The highest BCUT2D eigenvalue weighted by molar-refractivity contribution is 9.10. The Morgan fingerprint density at radius 3 is 2.63 bits per heavy atom. The maximum atomic E-state index is 13.3. The molecule has 0 saturated carbocycles. The molecule has 0 bridgehead atoms. The molecule has 0 spiro atoms. The predicted molar refractivity (Wildman–Crippen MR) is 81.1 cm³/mol. The standard InChI is InChI=1S/C14H10Br2FNO/c15-8-9-3-1-2-4-13(9)18-14(19)10-5-11(16)7-12(17)6-10/h1-7H,8H2,(H,18,19). The van der Waals surface area contributed by atoms with Gasteiger partial charge in [0.05, 0.1) is 0 Å². The van der Waals surface area contributed by atoms with Gasteiger partial charge in [-0.1, -0.05) is 50.1 Å². The first kappa shape index (κ1) is 14.2. The second kappa shape index (κ2) is 6.30. The number of amides is 1. The van der Waals surface area contributed by atoms with Crippen molar-refractivity contribution in [1.29, 1.82) is 0 Å². The van der Waals surface area contributed by atoms with Crippen LogP contribution >= 0.6 is 31.9 Å². The van der Waals surface area contributed by atoms with E-state index in [2.05, 4.69) is 37.2 Å². The van der Waals surface area contributed by atoms with Crippen molar-refractivity contribution < 1.29 is 9.18 Å². The first-order valence-electron chi connectivity index (χ1n) is 5.51. The van der Waals surface area contributed by atoms with Crippen molar-refractivity contribution in [2.45, 2.75) is 5.33 Å². The fraction of sp³-hybridized carbons (Fsp3) is 0.0714. The van der Waals surface area contributed by atoms with Crippen molar-refractivity contribution in [2.24, 2.45) is 0 Å². The lowest BCUT2D eigenvalue weighted by atomic mass is 10.1. The van der Waals surface area contributed by atoms with Gasteiger partial charge in [-0.2, -0.15) is 0 Å². The minimum absolute atomic E-state index is 0.274. The number of rotatable bonds is 3. The third kappa shape index (κ3) is 3.64. The summed E-state index contributed by atoms with van der Waals surface area (Å²) in [6.45, 7) is 0. The van der Waals surface area contributed by atoms with Gasteiger partial charge in [-0.25, -0.2) is 4.39 Å². The van der Waals surface area contributed by atoms with Crippen molar-refractivity contribution in [3.8, 4) is 0 Å². The summed E-state index contributed by atoms with van der Waals surface area (Å²) in [6.07, 6.45) is 0. The summed E-state index contributed by atoms with van der Waals surface area (Å²) in [4.78, 5) is 12.1. The number of anilines is 1. The predicted octanol–water partition coefficient (Wildman–Crippen LogP) is 4.74. The minimum Gasteiger partial charge on any atom is -0.322 e. The maximum absolute atomic E-state index is 13.3. The summed E-state index contributed by atoms with van der Waals surface area (Å²) >= 11 is 6.53. The molecule has 2 aromatic carbocycles. The summed E-state index contributed by atoms with van der Waals surface area (Å²) in [5.41, 5.74) is 1.95. The quantitative estimate of drug-likeness (QED) is 0.758. The van der Waals surface area contributed by atoms with E-state index in [1.165, 1.54) is 12.1 Å². The molecule has 19 heavy (non-hydrogen) atoms. The lowest BCUT2D eigenvalue weighted by Crippen LogP contribution is -2.13. The summed E-state index contributed by atoms with van der Waals surface area (Å²) in [6, 6.07) is 11.5. The molecule has 0 atom stereocenters. The smallest absolute Gasteiger partial charge is 0.255 e. The number of hydrogen-bond acceptors (Lipinski definition) is 1. The number of alkyl halides is 1. The van der Waals surface area contributed by atoms with Gasteiger partial charge in [-0.05, 0) is 29.8 Å². The van der Waals surface area contributed by atoms with Crippen LogP contribution in [0, 0.1) is 5.82 Å². The van der Waals surface area contributed by atoms with Crippen LogP contribution in [0.25, 0.3) is 0 Å². The van der Waals surface area contributed by atoms with Crippen molar-refractivity contribution in [3.63, 3.8) is 0 Å². The number of halogens is 3. The Balaban J connectivity index is 2.25. The molecule has 0 unspecified atom stereocenters. The number of hydrogen-bond donors (Lipinski definition) is 1. The molecule has 2 aromatic rings. The normalized spacial score (nSPS) is 10.3. The molecule has 0 heterocycles. The summed E-state index contributed by atoms with van der Waals surface area (Å²) in [5.74, 6) is -0.790. The van der Waals surface area contributed by atoms with E-state index in [0.717, 1.165) is 5.56 Å². The van der Waals surface area contributed by atoms with Gasteiger partial charge in [0.25, 0.3) is 5.91 Å². The number of carbonyl (C=O) groups is 1. The molecule has 0 fully saturated rings. The van der Waals surface area contributed by atoms with E-state index in [1.54, 1.807) is 6.07 Å². The third-order valence-electron chi connectivity index (χ3n) is 2.53. The molecule has 0 aromatic heterocycles. The van der Waals surface area contributed by atoms with E-state index in [4.69, 9.17) is 0 Å². The maximum Gasteiger partial charge on any atom is 0.255 e. The number of para-hydroxylation sites is 1. The van der Waals surface area contributed by atoms with Gasteiger partial charge in [0.15, 0.2) is 0 Å². The van der Waals surface area contributed by atoms with Crippen molar-refractivity contribution >= 4 is 43.5 Å². The van der Waals surface area contributed by atoms with Gasteiger partial charge in [-0.15, -0.1) is 0 Å². The monoisotopic (exact) mass is 385 g/mol. The van der Waals surface area contributed by atoms with Crippen LogP contribution in [-0.4, -0.2) is 5.91 Å². The third-order valence-corrected chi connectivity index (χ3v) is 3.60. The molecular formula is C14H10Br2FNO. The van der Waals surface area contributed by atoms with Crippen LogP contribution in [-0.2, 0) is 5.33 Å². The lowest BCUT2D eigenvalue weighted by Gasteiger charge is -2.09. The molecule has 0 radical (unpaired) electrons. The van der Waals surface area contributed by atoms with Gasteiger partial charge >= 0.3 is 0 Å². The van der Waals surface area contributed by atoms with Crippen LogP contribution < -0.4 is 5.32 Å². The van der Waals surface area contributed by atoms with E-state index in [1.807, 2.05) is 24.3 Å². The Morgan fingerprint density at radius 2 is 1.95 bits per heavy atom. The van der Waals surface area contributed by atoms with Crippen molar-refractivity contribution in [1.82, 2.24) is 0 Å². The van der Waals surface area contributed by atoms with Crippen molar-refractivity contribution in [3.05, 3.63) is 63.9 Å². The summed E-state index contributed by atoms with van der Waals surface area (Å²) in [7, 11) is 0. The molecule has 0 saturated heterocycles. The van der Waals surface area contributed by atoms with E-state index >= 15 is 0 Å². The molecule has 0 aliphatic heterocycles. The average Bonchev–Trinajstić information content (AvgIpc) is 2.38. The Labute approximate surface area is 127 Å². The Morgan fingerprint density at radius 1 is 1.21 bits per heavy atom. The first-order valence-corrected chi connectivity index (χ1v) is 7.43. The number of benzene rings is 2. The molecular weight excluding hydrogens is 377 g/mol. The highest BCUT2D eigenvalue weighted by Crippen LogP contribution is 2.20. The first-order chi connectivity index (χ1) is 9.10. The lowest BCUT2D eigenvalue weighted by molar-refractivity contribution is 0.102. The Hall–Kier alpha value is -1.20. The summed E-state index contributed by atoms with van der Waals surface area (Å²) in [5, 5.41) is 3.41. The molecule has 0 aliphatic carbocycles. The molecule has 98 valence electrons. The van der Waals surface area contributed by atoms with Gasteiger partial charge < -0.3 is 5.32 Å². The van der Waals surface area contributed by atoms with Crippen LogP contribution in [0.1, 0.15) is 15.9 Å². The molecule has 2 rings (SSSR count). The van der Waals surface area contributed by atoms with Gasteiger partial charge in [0.1, 0.15) is 5.82 Å². The second-order valence-corrected chi connectivity index (χ2v) is 5.38. The zero-order chi connectivity index (χ0) is 13.8. The van der Waals surface area contributed by atoms with E-state index in [9.17, 15) is 9.18 Å². The second-order valence-electron chi connectivity index (χ2n) is 3.90. The van der Waals surface area contributed by atoms with E-state index in [0.29, 0.717) is 15.5 Å². The fourth-order valence-electron chi connectivity index (χ4n) is 1.64. The zero-order valence-corrected chi connectivity index (χ0v) is 13.0. The fourth-order valence-corrected chi connectivity index (χ4v) is 2.59. The number of carbonyl (C=O) groups excluding carboxylic acids is 1. The van der Waals surface area contributed by atoms with E-state index in [-0.39, 0.29) is 11.5 Å². The van der Waals surface area contributed by atoms with Crippen LogP contribution in [0.15, 0.2) is 46.9 Å². The largest absolute Gasteiger partial charge is 0.322 e. The minimum atomic E-state index is -0.451. The molecule has 1 N–H and O–H groups in total. The molecule has 1 amide bonds. The number of nitrogens with one attached hydrogen (secondary N) is 1. The highest BCUT2D eigenvalue weighted by Gasteiger charge is 2.10. The highest BCUT2D eigenvalue weighted by atomic mass is 79.9. The van der Waals surface area contributed by atoms with Crippen molar-refractivity contribution in [2.75, 3.05) is 5.32 Å². The SMILES string of the molecule is O=C(Nc1ccccc1CBr)c1cc(F)cc(Br)c1. The van der Waals surface area contributed by atoms with Crippen LogP contribution in [0.5, 0.6) is 0 Å². The van der Waals surface area contributed by atoms with Gasteiger partial charge in [-0.3, -0.25) is 4.79 Å². The van der Waals surface area contributed by atoms with Gasteiger partial charge in [0.2, 0.25) is 0 Å². The zero-order valence-electron chi connectivity index (χ0n) is 9.79. The average molecular weight is 387 g/mol. The van der Waals surface area contributed by atoms with E-state index < -0.39 is 5.82 Å². The molecule has 0 aliphatic rings. The summed E-state index contributed by atoms with van der Waals surface area (Å²) < 4.78 is 13.8.